The Labute approximate surface area is 131 Å². The van der Waals surface area contributed by atoms with Crippen LogP contribution in [-0.2, 0) is 6.54 Å². The fraction of sp³-hybridized carbons (Fsp3) is 0.533. The highest BCUT2D eigenvalue weighted by Crippen LogP contribution is 2.24. The first-order valence-corrected chi connectivity index (χ1v) is 7.40. The molecule has 0 bridgehead atoms. The van der Waals surface area contributed by atoms with Gasteiger partial charge in [-0.2, -0.15) is 0 Å². The number of piperazine rings is 1. The molecule has 1 aromatic rings. The number of nitrogens with zero attached hydrogens (tertiary/aromatic N) is 3. The molecule has 0 N–H and O–H groups in total. The van der Waals surface area contributed by atoms with Crippen LogP contribution in [0.4, 0.5) is 4.79 Å². The average molecular weight is 312 g/mol. The van der Waals surface area contributed by atoms with Crippen molar-refractivity contribution in [1.29, 1.82) is 0 Å². The molecule has 2 amide bonds. The minimum atomic E-state index is 0.0787. The highest BCUT2D eigenvalue weighted by Gasteiger charge is 2.22. The molecule has 1 saturated heterocycles. The van der Waals surface area contributed by atoms with E-state index in [1.165, 1.54) is 0 Å². The SMILES string of the molecule is COc1ccc(Cl)cc1CN1CCN(C(=O)N(C)C)CC1. The average Bonchev–Trinajstić information content (AvgIpc) is 2.47. The number of carbonyl (C=O) groups is 1. The third-order valence-corrected chi connectivity index (χ3v) is 3.90. The summed E-state index contributed by atoms with van der Waals surface area (Å²) in [6, 6.07) is 5.74. The van der Waals surface area contributed by atoms with Gasteiger partial charge in [0.25, 0.3) is 0 Å². The summed E-state index contributed by atoms with van der Waals surface area (Å²) in [5, 5.41) is 0.715. The molecule has 2 rings (SSSR count). The van der Waals surface area contributed by atoms with Crippen LogP contribution in [0.2, 0.25) is 5.02 Å². The van der Waals surface area contributed by atoms with Gasteiger partial charge in [-0.1, -0.05) is 11.6 Å². The molecule has 116 valence electrons. The number of halogens is 1. The molecule has 0 atom stereocenters. The molecule has 0 saturated carbocycles. The van der Waals surface area contributed by atoms with Crippen LogP contribution in [0.1, 0.15) is 5.56 Å². The van der Waals surface area contributed by atoms with E-state index in [0.717, 1.165) is 44.0 Å². The molecular formula is C15H22ClN3O2. The summed E-state index contributed by atoms with van der Waals surface area (Å²) in [5.74, 6) is 0.853. The standard InChI is InChI=1S/C15H22ClN3O2/c1-17(2)15(20)19-8-6-18(7-9-19)11-12-10-13(16)4-5-14(12)21-3/h4-5,10H,6-9,11H2,1-3H3. The van der Waals surface area contributed by atoms with E-state index in [-0.39, 0.29) is 6.03 Å². The second-order valence-corrected chi connectivity index (χ2v) is 5.83. The summed E-state index contributed by atoms with van der Waals surface area (Å²) in [6.07, 6.45) is 0. The Balaban J connectivity index is 1.95. The van der Waals surface area contributed by atoms with Crippen molar-refractivity contribution in [1.82, 2.24) is 14.7 Å². The molecule has 6 heteroatoms. The highest BCUT2D eigenvalue weighted by atomic mass is 35.5. The normalized spacial score (nSPS) is 15.9. The summed E-state index contributed by atoms with van der Waals surface area (Å²) in [6.45, 7) is 4.00. The number of ether oxygens (including phenoxy) is 1. The molecule has 0 spiro atoms. The van der Waals surface area contributed by atoms with Gasteiger partial charge in [-0.15, -0.1) is 0 Å². The van der Waals surface area contributed by atoms with Gasteiger partial charge in [0.05, 0.1) is 7.11 Å². The fourth-order valence-electron chi connectivity index (χ4n) is 2.49. The monoisotopic (exact) mass is 311 g/mol. The summed E-state index contributed by atoms with van der Waals surface area (Å²) in [4.78, 5) is 17.7. The van der Waals surface area contributed by atoms with Crippen LogP contribution in [0, 0.1) is 0 Å². The van der Waals surface area contributed by atoms with Gasteiger partial charge in [0.2, 0.25) is 0 Å². The first-order valence-electron chi connectivity index (χ1n) is 7.02. The van der Waals surface area contributed by atoms with Crippen molar-refractivity contribution >= 4 is 17.6 Å². The van der Waals surface area contributed by atoms with Crippen LogP contribution in [-0.4, -0.2) is 68.1 Å². The topological polar surface area (TPSA) is 36.0 Å². The van der Waals surface area contributed by atoms with Gasteiger partial charge >= 0.3 is 6.03 Å². The van der Waals surface area contributed by atoms with E-state index in [2.05, 4.69) is 4.90 Å². The van der Waals surface area contributed by atoms with Crippen LogP contribution >= 0.6 is 11.6 Å². The third kappa shape index (κ3) is 4.02. The van der Waals surface area contributed by atoms with Crippen molar-refractivity contribution < 1.29 is 9.53 Å². The number of benzene rings is 1. The van der Waals surface area contributed by atoms with Gasteiger partial charge in [0.1, 0.15) is 5.75 Å². The van der Waals surface area contributed by atoms with Crippen molar-refractivity contribution in [2.75, 3.05) is 47.4 Å². The molecule has 21 heavy (non-hydrogen) atoms. The summed E-state index contributed by atoms with van der Waals surface area (Å²) in [5.41, 5.74) is 1.08. The first kappa shape index (κ1) is 15.9. The van der Waals surface area contributed by atoms with Gasteiger partial charge in [-0.3, -0.25) is 4.90 Å². The summed E-state index contributed by atoms with van der Waals surface area (Å²) in [7, 11) is 5.23. The lowest BCUT2D eigenvalue weighted by molar-refractivity contribution is 0.119. The van der Waals surface area contributed by atoms with Crippen LogP contribution in [0.3, 0.4) is 0 Å². The van der Waals surface area contributed by atoms with E-state index in [4.69, 9.17) is 16.3 Å². The third-order valence-electron chi connectivity index (χ3n) is 3.66. The zero-order valence-corrected chi connectivity index (χ0v) is 13.6. The maximum Gasteiger partial charge on any atom is 0.319 e. The fourth-order valence-corrected chi connectivity index (χ4v) is 2.69. The number of urea groups is 1. The molecule has 1 aliphatic heterocycles. The zero-order valence-electron chi connectivity index (χ0n) is 12.8. The van der Waals surface area contributed by atoms with Crippen molar-refractivity contribution in [2.24, 2.45) is 0 Å². The maximum atomic E-state index is 11.9. The number of methoxy groups -OCH3 is 1. The molecule has 0 unspecified atom stereocenters. The molecule has 0 aromatic heterocycles. The number of amides is 2. The summed E-state index contributed by atoms with van der Waals surface area (Å²) >= 11 is 6.06. The minimum Gasteiger partial charge on any atom is -0.496 e. The van der Waals surface area contributed by atoms with E-state index < -0.39 is 0 Å². The molecule has 1 aromatic carbocycles. The Morgan fingerprint density at radius 3 is 2.52 bits per heavy atom. The van der Waals surface area contributed by atoms with E-state index in [1.54, 1.807) is 26.1 Å². The maximum absolute atomic E-state index is 11.9. The molecule has 0 aliphatic carbocycles. The number of carbonyl (C=O) groups excluding carboxylic acids is 1. The van der Waals surface area contributed by atoms with E-state index >= 15 is 0 Å². The van der Waals surface area contributed by atoms with E-state index in [0.29, 0.717) is 5.02 Å². The van der Waals surface area contributed by atoms with Crippen LogP contribution in [0.15, 0.2) is 18.2 Å². The smallest absolute Gasteiger partial charge is 0.319 e. The van der Waals surface area contributed by atoms with Crippen LogP contribution < -0.4 is 4.74 Å². The quantitative estimate of drug-likeness (QED) is 0.858. The second-order valence-electron chi connectivity index (χ2n) is 5.40. The molecule has 5 nitrogen and oxygen atoms in total. The van der Waals surface area contributed by atoms with Crippen LogP contribution in [0.5, 0.6) is 5.75 Å². The molecular weight excluding hydrogens is 290 g/mol. The molecule has 1 aliphatic rings. The number of rotatable bonds is 3. The van der Waals surface area contributed by atoms with Gasteiger partial charge < -0.3 is 14.5 Å². The van der Waals surface area contributed by atoms with E-state index in [1.807, 2.05) is 23.1 Å². The van der Waals surface area contributed by atoms with Crippen molar-refractivity contribution in [2.45, 2.75) is 6.54 Å². The lowest BCUT2D eigenvalue weighted by Crippen LogP contribution is -2.51. The minimum absolute atomic E-state index is 0.0787. The zero-order chi connectivity index (χ0) is 15.4. The molecule has 1 fully saturated rings. The van der Waals surface area contributed by atoms with Gasteiger partial charge in [-0.05, 0) is 18.2 Å². The van der Waals surface area contributed by atoms with Crippen molar-refractivity contribution in [3.05, 3.63) is 28.8 Å². The van der Waals surface area contributed by atoms with Gasteiger partial charge in [-0.25, -0.2) is 4.79 Å². The van der Waals surface area contributed by atoms with E-state index in [9.17, 15) is 4.79 Å². The highest BCUT2D eigenvalue weighted by molar-refractivity contribution is 6.30. The molecule has 0 radical (unpaired) electrons. The van der Waals surface area contributed by atoms with Crippen LogP contribution in [0.25, 0.3) is 0 Å². The number of hydrogen-bond acceptors (Lipinski definition) is 3. The Hall–Kier alpha value is -1.46. The lowest BCUT2D eigenvalue weighted by atomic mass is 10.1. The van der Waals surface area contributed by atoms with Gasteiger partial charge in [0.15, 0.2) is 0 Å². The van der Waals surface area contributed by atoms with Crippen molar-refractivity contribution in [3.8, 4) is 5.75 Å². The predicted molar refractivity (Wildman–Crippen MR) is 83.9 cm³/mol. The number of hydrogen-bond donors (Lipinski definition) is 0. The predicted octanol–water partition coefficient (Wildman–Crippen LogP) is 2.15. The Morgan fingerprint density at radius 1 is 1.29 bits per heavy atom. The Morgan fingerprint density at radius 2 is 1.95 bits per heavy atom. The largest absolute Gasteiger partial charge is 0.496 e. The first-order chi connectivity index (χ1) is 10.0. The summed E-state index contributed by atoms with van der Waals surface area (Å²) < 4.78 is 5.38. The van der Waals surface area contributed by atoms with Gasteiger partial charge in [0, 0.05) is 57.4 Å². The lowest BCUT2D eigenvalue weighted by Gasteiger charge is -2.36. The molecule has 1 heterocycles. The van der Waals surface area contributed by atoms with Crippen molar-refractivity contribution in [3.63, 3.8) is 0 Å². The Kier molecular flexibility index (Phi) is 5.31. The Bertz CT molecular complexity index is 500. The second kappa shape index (κ2) is 7.00.